The average molecular weight is 234 g/mol. The summed E-state index contributed by atoms with van der Waals surface area (Å²) in [4.78, 5) is 26.9. The van der Waals surface area contributed by atoms with E-state index in [0.29, 0.717) is 17.8 Å². The normalized spacial score (nSPS) is 10.4. The quantitative estimate of drug-likeness (QED) is 0.640. The minimum atomic E-state index is -1.02. The Morgan fingerprint density at radius 2 is 1.88 bits per heavy atom. The molecule has 0 radical (unpaired) electrons. The molecule has 0 unspecified atom stereocenters. The smallest absolute Gasteiger partial charge is 0.352 e. The molecule has 0 aliphatic heterocycles. The van der Waals surface area contributed by atoms with Crippen LogP contribution in [0.5, 0.6) is 0 Å². The maximum absolute atomic E-state index is 10.7. The van der Waals surface area contributed by atoms with E-state index in [1.807, 2.05) is 0 Å². The van der Waals surface area contributed by atoms with Gasteiger partial charge < -0.3 is 20.2 Å². The summed E-state index contributed by atoms with van der Waals surface area (Å²) in [7, 11) is 0. The van der Waals surface area contributed by atoms with Crippen molar-refractivity contribution in [2.24, 2.45) is 0 Å². The minimum Gasteiger partial charge on any atom is -0.478 e. The van der Waals surface area contributed by atoms with Crippen molar-refractivity contribution in [3.05, 3.63) is 47.0 Å². The van der Waals surface area contributed by atoms with Crippen LogP contribution in [0.1, 0.15) is 32.2 Å². The van der Waals surface area contributed by atoms with Crippen molar-refractivity contribution in [2.45, 2.75) is 6.42 Å². The Balaban J connectivity index is 2.13. The van der Waals surface area contributed by atoms with Gasteiger partial charge in [-0.1, -0.05) is 0 Å². The van der Waals surface area contributed by atoms with Crippen LogP contribution in [0.25, 0.3) is 0 Å². The van der Waals surface area contributed by atoms with Crippen molar-refractivity contribution in [3.63, 3.8) is 0 Å². The molecular formula is C11H10N2O4. The Morgan fingerprint density at radius 3 is 2.41 bits per heavy atom. The molecule has 2 aromatic heterocycles. The first-order chi connectivity index (χ1) is 8.06. The minimum absolute atomic E-state index is 0.116. The van der Waals surface area contributed by atoms with E-state index in [4.69, 9.17) is 10.2 Å². The predicted octanol–water partition coefficient (Wildman–Crippen LogP) is 1.33. The summed E-state index contributed by atoms with van der Waals surface area (Å²) in [6.07, 6.45) is 1.83. The topological polar surface area (TPSA) is 106 Å². The summed E-state index contributed by atoms with van der Waals surface area (Å²) in [6.45, 7) is 0. The van der Waals surface area contributed by atoms with Crippen LogP contribution in [0.4, 0.5) is 0 Å². The molecule has 0 bridgehead atoms. The molecule has 2 rings (SSSR count). The van der Waals surface area contributed by atoms with Crippen LogP contribution < -0.4 is 0 Å². The zero-order valence-corrected chi connectivity index (χ0v) is 8.73. The van der Waals surface area contributed by atoms with Gasteiger partial charge in [-0.2, -0.15) is 0 Å². The molecule has 0 saturated carbocycles. The van der Waals surface area contributed by atoms with E-state index >= 15 is 0 Å². The van der Waals surface area contributed by atoms with Gasteiger partial charge in [0.2, 0.25) is 0 Å². The highest BCUT2D eigenvalue weighted by atomic mass is 16.4. The van der Waals surface area contributed by atoms with Gasteiger partial charge >= 0.3 is 11.9 Å². The molecule has 2 aromatic rings. The second kappa shape index (κ2) is 4.17. The van der Waals surface area contributed by atoms with E-state index in [1.54, 1.807) is 6.07 Å². The lowest BCUT2D eigenvalue weighted by Crippen LogP contribution is -1.97. The Labute approximate surface area is 95.9 Å². The number of hydrogen-bond donors (Lipinski definition) is 4. The average Bonchev–Trinajstić information content (AvgIpc) is 2.87. The number of H-pyrrole nitrogens is 2. The second-order valence-corrected chi connectivity index (χ2v) is 3.60. The predicted molar refractivity (Wildman–Crippen MR) is 58.3 cm³/mol. The van der Waals surface area contributed by atoms with Crippen molar-refractivity contribution in [3.8, 4) is 0 Å². The van der Waals surface area contributed by atoms with Crippen molar-refractivity contribution >= 4 is 11.9 Å². The molecule has 6 nitrogen and oxygen atoms in total. The highest BCUT2D eigenvalue weighted by molar-refractivity contribution is 5.87. The van der Waals surface area contributed by atoms with Crippen LogP contribution in [-0.2, 0) is 6.42 Å². The number of carboxylic acids is 2. The van der Waals surface area contributed by atoms with Crippen molar-refractivity contribution in [1.82, 2.24) is 9.97 Å². The van der Waals surface area contributed by atoms with Crippen molar-refractivity contribution in [2.75, 3.05) is 0 Å². The lowest BCUT2D eigenvalue weighted by molar-refractivity contribution is 0.0683. The first kappa shape index (κ1) is 11.0. The summed E-state index contributed by atoms with van der Waals surface area (Å²) in [6, 6.07) is 4.65. The maximum atomic E-state index is 10.7. The molecule has 0 atom stereocenters. The van der Waals surface area contributed by atoms with Gasteiger partial charge in [0.15, 0.2) is 0 Å². The van der Waals surface area contributed by atoms with Gasteiger partial charge in [0.1, 0.15) is 5.69 Å². The Bertz CT molecular complexity index is 517. The van der Waals surface area contributed by atoms with E-state index in [0.717, 1.165) is 0 Å². The molecule has 4 N–H and O–H groups in total. The lowest BCUT2D eigenvalue weighted by atomic mass is 10.2. The molecule has 0 fully saturated rings. The molecule has 2 heterocycles. The van der Waals surface area contributed by atoms with E-state index in [9.17, 15) is 9.59 Å². The first-order valence-corrected chi connectivity index (χ1v) is 4.88. The van der Waals surface area contributed by atoms with Gasteiger partial charge in [0.25, 0.3) is 0 Å². The largest absolute Gasteiger partial charge is 0.478 e. The van der Waals surface area contributed by atoms with Crippen LogP contribution in [0.15, 0.2) is 24.4 Å². The summed E-state index contributed by atoms with van der Waals surface area (Å²) in [5.41, 5.74) is 1.72. The van der Waals surface area contributed by atoms with Gasteiger partial charge in [-0.05, 0) is 18.2 Å². The van der Waals surface area contributed by atoms with Crippen LogP contribution >= 0.6 is 0 Å². The summed E-state index contributed by atoms with van der Waals surface area (Å²) < 4.78 is 0. The van der Waals surface area contributed by atoms with E-state index in [2.05, 4.69) is 9.97 Å². The number of aromatic carboxylic acids is 2. The zero-order valence-electron chi connectivity index (χ0n) is 8.73. The number of hydrogen-bond acceptors (Lipinski definition) is 2. The van der Waals surface area contributed by atoms with Crippen molar-refractivity contribution < 1.29 is 19.8 Å². The second-order valence-electron chi connectivity index (χ2n) is 3.60. The zero-order chi connectivity index (χ0) is 12.4. The molecule has 0 spiro atoms. The fourth-order valence-corrected chi connectivity index (χ4v) is 1.54. The maximum Gasteiger partial charge on any atom is 0.352 e. The third-order valence-corrected chi connectivity index (χ3v) is 2.35. The monoisotopic (exact) mass is 234 g/mol. The highest BCUT2D eigenvalue weighted by Gasteiger charge is 2.09. The van der Waals surface area contributed by atoms with Gasteiger partial charge in [-0.3, -0.25) is 0 Å². The summed E-state index contributed by atoms with van der Waals surface area (Å²) in [5, 5.41) is 17.5. The Hall–Kier alpha value is -2.50. The van der Waals surface area contributed by atoms with Gasteiger partial charge in [0, 0.05) is 24.0 Å². The number of nitrogens with one attached hydrogen (secondary N) is 2. The fourth-order valence-electron chi connectivity index (χ4n) is 1.54. The van der Waals surface area contributed by atoms with Crippen LogP contribution in [-0.4, -0.2) is 32.1 Å². The number of rotatable bonds is 4. The van der Waals surface area contributed by atoms with Gasteiger partial charge in [0.05, 0.1) is 5.56 Å². The molecule has 0 aliphatic rings. The van der Waals surface area contributed by atoms with E-state index in [-0.39, 0.29) is 11.3 Å². The molecule has 0 amide bonds. The molecule has 0 aliphatic carbocycles. The van der Waals surface area contributed by atoms with Gasteiger partial charge in [-0.25, -0.2) is 9.59 Å². The van der Waals surface area contributed by atoms with E-state index in [1.165, 1.54) is 18.3 Å². The molecule has 17 heavy (non-hydrogen) atoms. The summed E-state index contributed by atoms with van der Waals surface area (Å²) >= 11 is 0. The number of carboxylic acid groups (broad SMARTS) is 2. The van der Waals surface area contributed by atoms with Gasteiger partial charge in [-0.15, -0.1) is 0 Å². The standard InChI is InChI=1S/C11H10N2O4/c14-10(15)6-3-8(12-5-6)4-7-1-2-9(13-7)11(16)17/h1-3,5,12-13H,4H2,(H,14,15)(H,16,17). The molecular weight excluding hydrogens is 224 g/mol. The number of aromatic nitrogens is 2. The third-order valence-electron chi connectivity index (χ3n) is 2.35. The Kier molecular flexibility index (Phi) is 2.70. The highest BCUT2D eigenvalue weighted by Crippen LogP contribution is 2.10. The lowest BCUT2D eigenvalue weighted by Gasteiger charge is -1.94. The Morgan fingerprint density at radius 1 is 1.12 bits per heavy atom. The van der Waals surface area contributed by atoms with Crippen LogP contribution in [0.3, 0.4) is 0 Å². The molecule has 6 heteroatoms. The fraction of sp³-hybridized carbons (Fsp3) is 0.0909. The molecule has 88 valence electrons. The third kappa shape index (κ3) is 2.36. The van der Waals surface area contributed by atoms with Crippen LogP contribution in [0.2, 0.25) is 0 Å². The SMILES string of the molecule is O=C(O)c1c[nH]c(Cc2ccc(C(=O)O)[nH]2)c1. The van der Waals surface area contributed by atoms with Crippen LogP contribution in [0, 0.1) is 0 Å². The first-order valence-electron chi connectivity index (χ1n) is 4.88. The number of aromatic amines is 2. The molecule has 0 aromatic carbocycles. The van der Waals surface area contributed by atoms with E-state index < -0.39 is 11.9 Å². The summed E-state index contributed by atoms with van der Waals surface area (Å²) in [5.74, 6) is -2.01. The number of carbonyl (C=O) groups is 2. The molecule has 0 saturated heterocycles. The van der Waals surface area contributed by atoms with Crippen molar-refractivity contribution in [1.29, 1.82) is 0 Å².